The van der Waals surface area contributed by atoms with Crippen molar-refractivity contribution in [3.8, 4) is 11.5 Å². The second-order valence-electron chi connectivity index (χ2n) is 8.87. The van der Waals surface area contributed by atoms with Crippen molar-refractivity contribution >= 4 is 17.7 Å². The van der Waals surface area contributed by atoms with E-state index in [0.29, 0.717) is 30.9 Å². The lowest BCUT2D eigenvalue weighted by molar-refractivity contribution is -0.127. The Balaban J connectivity index is 1.45. The number of hydrogen-bond donors (Lipinski definition) is 1. The van der Waals surface area contributed by atoms with Crippen LogP contribution in [0.15, 0.2) is 30.3 Å². The van der Waals surface area contributed by atoms with Gasteiger partial charge in [0.25, 0.3) is 5.91 Å². The summed E-state index contributed by atoms with van der Waals surface area (Å²) >= 11 is 0. The minimum Gasteiger partial charge on any atom is -0.486 e. The maximum Gasteiger partial charge on any atom is 0.325 e. The number of hydrogen-bond acceptors (Lipinski definition) is 5. The predicted molar refractivity (Wildman–Crippen MR) is 118 cm³/mol. The number of rotatable bonds is 7. The lowest BCUT2D eigenvalue weighted by atomic mass is 10.0. The fraction of sp³-hybridized carbons (Fsp3) is 0.458. The second kappa shape index (κ2) is 8.68. The third kappa shape index (κ3) is 4.22. The first-order chi connectivity index (χ1) is 15.2. The number of para-hydroxylation sites is 2. The van der Waals surface area contributed by atoms with E-state index in [2.05, 4.69) is 5.32 Å². The van der Waals surface area contributed by atoms with Gasteiger partial charge in [0.1, 0.15) is 12.6 Å². The number of carbonyl (C=O) groups excluding carboxylic acids is 3. The summed E-state index contributed by atoms with van der Waals surface area (Å²) in [6.07, 6.45) is 0.358. The molecule has 1 aromatic heterocycles. The predicted octanol–water partition coefficient (Wildman–Crippen LogP) is 3.09. The second-order valence-corrected chi connectivity index (χ2v) is 8.87. The molecule has 3 heterocycles. The summed E-state index contributed by atoms with van der Waals surface area (Å²) < 4.78 is 13.9. The number of ketones is 1. The van der Waals surface area contributed by atoms with Gasteiger partial charge in [-0.25, -0.2) is 4.79 Å². The Morgan fingerprint density at radius 3 is 2.62 bits per heavy atom. The fourth-order valence-electron chi connectivity index (χ4n) is 4.31. The van der Waals surface area contributed by atoms with Crippen LogP contribution < -0.4 is 14.8 Å². The Hall–Kier alpha value is -3.29. The van der Waals surface area contributed by atoms with E-state index in [1.807, 2.05) is 56.5 Å². The van der Waals surface area contributed by atoms with Gasteiger partial charge in [-0.1, -0.05) is 26.0 Å². The molecular weight excluding hydrogens is 410 g/mol. The lowest BCUT2D eigenvalue weighted by Gasteiger charge is -2.27. The molecule has 2 aliphatic rings. The van der Waals surface area contributed by atoms with E-state index in [9.17, 15) is 14.4 Å². The highest BCUT2D eigenvalue weighted by Crippen LogP contribution is 2.31. The third-order valence-electron chi connectivity index (χ3n) is 5.94. The molecular formula is C24H29N3O5. The van der Waals surface area contributed by atoms with Gasteiger partial charge in [-0.15, -0.1) is 0 Å². The Labute approximate surface area is 187 Å². The summed E-state index contributed by atoms with van der Waals surface area (Å²) in [5, 5.41) is 2.69. The van der Waals surface area contributed by atoms with E-state index in [1.165, 1.54) is 0 Å². The van der Waals surface area contributed by atoms with E-state index in [-0.39, 0.29) is 30.3 Å². The lowest BCUT2D eigenvalue weighted by Crippen LogP contribution is -2.36. The van der Waals surface area contributed by atoms with E-state index in [0.717, 1.165) is 22.0 Å². The summed E-state index contributed by atoms with van der Waals surface area (Å²) in [6.45, 7) is 8.44. The number of nitrogens with one attached hydrogen (secondary N) is 1. The van der Waals surface area contributed by atoms with Gasteiger partial charge in [-0.05, 0) is 44.4 Å². The number of ether oxygens (including phenoxy) is 2. The molecule has 4 rings (SSSR count). The van der Waals surface area contributed by atoms with Crippen LogP contribution in [0.25, 0.3) is 0 Å². The summed E-state index contributed by atoms with van der Waals surface area (Å²) in [5.74, 6) is 1.10. The topological polar surface area (TPSA) is 89.9 Å². The van der Waals surface area contributed by atoms with Crippen molar-refractivity contribution in [2.75, 3.05) is 13.2 Å². The standard InChI is InChI=1S/C24H29N3O5/c1-14(2)9-19-23(29)27(24(30)25-19)12-20(28)18-10-15(3)26(16(18)4)11-17-13-31-21-7-5-6-8-22(21)32-17/h5-8,10,14,17,19H,9,11-13H2,1-4H3,(H,25,30)/t17-,19-/m1/s1. The summed E-state index contributed by atoms with van der Waals surface area (Å²) in [5.41, 5.74) is 2.19. The van der Waals surface area contributed by atoms with Crippen LogP contribution in [0.1, 0.15) is 42.0 Å². The van der Waals surface area contributed by atoms with Crippen LogP contribution in [0.5, 0.6) is 11.5 Å². The maximum absolute atomic E-state index is 13.0. The molecule has 1 aromatic carbocycles. The summed E-state index contributed by atoms with van der Waals surface area (Å²) in [7, 11) is 0. The van der Waals surface area contributed by atoms with Crippen LogP contribution in [0, 0.1) is 19.8 Å². The van der Waals surface area contributed by atoms with Crippen molar-refractivity contribution in [1.29, 1.82) is 0 Å². The zero-order valence-electron chi connectivity index (χ0n) is 18.9. The number of fused-ring (bicyclic) bond motifs is 1. The third-order valence-corrected chi connectivity index (χ3v) is 5.94. The van der Waals surface area contributed by atoms with Gasteiger partial charge in [-0.3, -0.25) is 14.5 Å². The minimum absolute atomic E-state index is 0.194. The molecule has 0 unspecified atom stereocenters. The van der Waals surface area contributed by atoms with Crippen molar-refractivity contribution < 1.29 is 23.9 Å². The molecule has 3 amide bonds. The van der Waals surface area contributed by atoms with E-state index in [4.69, 9.17) is 9.47 Å². The van der Waals surface area contributed by atoms with E-state index < -0.39 is 12.1 Å². The van der Waals surface area contributed by atoms with Crippen molar-refractivity contribution in [1.82, 2.24) is 14.8 Å². The highest BCUT2D eigenvalue weighted by molar-refractivity contribution is 6.09. The van der Waals surface area contributed by atoms with Crippen molar-refractivity contribution in [2.45, 2.75) is 52.8 Å². The molecule has 170 valence electrons. The number of benzene rings is 1. The quantitative estimate of drug-likeness (QED) is 0.529. The van der Waals surface area contributed by atoms with Gasteiger partial charge in [0.2, 0.25) is 0 Å². The summed E-state index contributed by atoms with van der Waals surface area (Å²) in [6, 6.07) is 8.28. The van der Waals surface area contributed by atoms with Crippen molar-refractivity contribution in [3.63, 3.8) is 0 Å². The molecule has 2 atom stereocenters. The Kier molecular flexibility index (Phi) is 5.95. The van der Waals surface area contributed by atoms with Crippen LogP contribution in [-0.4, -0.2) is 52.5 Å². The normalized spacial score (nSPS) is 20.1. The van der Waals surface area contributed by atoms with E-state index in [1.54, 1.807) is 6.07 Å². The highest BCUT2D eigenvalue weighted by atomic mass is 16.6. The molecule has 2 aromatic rings. The summed E-state index contributed by atoms with van der Waals surface area (Å²) in [4.78, 5) is 38.9. The number of Topliss-reactive ketones (excluding diaryl/α,β-unsaturated/α-hetero) is 1. The minimum atomic E-state index is -0.561. The van der Waals surface area contributed by atoms with Gasteiger partial charge in [-0.2, -0.15) is 0 Å². The Morgan fingerprint density at radius 2 is 1.91 bits per heavy atom. The first-order valence-electron chi connectivity index (χ1n) is 10.9. The number of imide groups is 1. The smallest absolute Gasteiger partial charge is 0.325 e. The molecule has 0 spiro atoms. The van der Waals surface area contributed by atoms with Crippen LogP contribution in [0.2, 0.25) is 0 Å². The first-order valence-corrected chi connectivity index (χ1v) is 10.9. The molecule has 1 N–H and O–H groups in total. The van der Waals surface area contributed by atoms with Crippen molar-refractivity contribution in [2.24, 2.45) is 5.92 Å². The first kappa shape index (κ1) is 21.9. The number of aromatic nitrogens is 1. The number of aryl methyl sites for hydroxylation is 1. The van der Waals surface area contributed by atoms with Gasteiger partial charge in [0.15, 0.2) is 23.4 Å². The van der Waals surface area contributed by atoms with Crippen LogP contribution in [-0.2, 0) is 11.3 Å². The number of urea groups is 1. The largest absolute Gasteiger partial charge is 0.486 e. The SMILES string of the molecule is Cc1cc(C(=O)CN2C(=O)N[C@H](CC(C)C)C2=O)c(C)n1C[C@@H]1COc2ccccc2O1. The van der Waals surface area contributed by atoms with Gasteiger partial charge < -0.3 is 19.4 Å². The number of carbonyl (C=O) groups is 3. The van der Waals surface area contributed by atoms with E-state index >= 15 is 0 Å². The van der Waals surface area contributed by atoms with Crippen LogP contribution in [0.3, 0.4) is 0 Å². The molecule has 1 saturated heterocycles. The van der Waals surface area contributed by atoms with Gasteiger partial charge in [0.05, 0.1) is 13.1 Å². The van der Waals surface area contributed by atoms with Crippen LogP contribution in [0.4, 0.5) is 4.79 Å². The Morgan fingerprint density at radius 1 is 1.19 bits per heavy atom. The number of nitrogens with zero attached hydrogens (tertiary/aromatic N) is 2. The molecule has 8 nitrogen and oxygen atoms in total. The van der Waals surface area contributed by atoms with Crippen molar-refractivity contribution in [3.05, 3.63) is 47.3 Å². The zero-order chi connectivity index (χ0) is 23.0. The molecule has 0 bridgehead atoms. The molecule has 2 aliphatic heterocycles. The Bertz CT molecular complexity index is 1060. The van der Waals surface area contributed by atoms with Gasteiger partial charge in [0, 0.05) is 17.0 Å². The molecule has 0 aliphatic carbocycles. The maximum atomic E-state index is 13.0. The molecule has 0 saturated carbocycles. The molecule has 8 heteroatoms. The average Bonchev–Trinajstić information content (AvgIpc) is 3.18. The van der Waals surface area contributed by atoms with Crippen LogP contribution >= 0.6 is 0 Å². The highest BCUT2D eigenvalue weighted by Gasteiger charge is 2.39. The zero-order valence-corrected chi connectivity index (χ0v) is 18.9. The molecule has 0 radical (unpaired) electrons. The monoisotopic (exact) mass is 439 g/mol. The fourth-order valence-corrected chi connectivity index (χ4v) is 4.31. The molecule has 32 heavy (non-hydrogen) atoms. The average molecular weight is 440 g/mol. The number of amides is 3. The molecule has 1 fully saturated rings. The van der Waals surface area contributed by atoms with Gasteiger partial charge >= 0.3 is 6.03 Å².